The Hall–Kier alpha value is -1.90. The van der Waals surface area contributed by atoms with Gasteiger partial charge in [0.05, 0.1) is 5.56 Å². The third kappa shape index (κ3) is 1.06. The van der Waals surface area contributed by atoms with Gasteiger partial charge in [-0.05, 0) is 18.6 Å². The van der Waals surface area contributed by atoms with E-state index in [1.165, 1.54) is 0 Å². The Kier molecular flexibility index (Phi) is 1.93. The van der Waals surface area contributed by atoms with Gasteiger partial charge in [-0.1, -0.05) is 12.1 Å². The molecule has 0 atom stereocenters. The molecule has 0 radical (unpaired) electrons. The first-order valence-electron chi connectivity index (χ1n) is 4.20. The number of carbonyl (C=O) groups excluding carboxylic acids is 2. The van der Waals surface area contributed by atoms with Crippen molar-refractivity contribution in [3.63, 3.8) is 0 Å². The summed E-state index contributed by atoms with van der Waals surface area (Å²) in [5, 5.41) is 0.726. The molecule has 1 aromatic heterocycles. The summed E-state index contributed by atoms with van der Waals surface area (Å²) in [6.07, 6.45) is 1.21. The van der Waals surface area contributed by atoms with E-state index >= 15 is 0 Å². The number of hydrogen-bond donors (Lipinski definition) is 0. The zero-order valence-corrected chi connectivity index (χ0v) is 7.61. The van der Waals surface area contributed by atoms with E-state index in [1.54, 1.807) is 6.07 Å². The van der Waals surface area contributed by atoms with Crippen LogP contribution in [0.1, 0.15) is 26.5 Å². The van der Waals surface area contributed by atoms with Crippen LogP contribution in [0.4, 0.5) is 0 Å². The summed E-state index contributed by atoms with van der Waals surface area (Å²) in [4.78, 5) is 21.4. The van der Waals surface area contributed by atoms with E-state index in [0.717, 1.165) is 10.9 Å². The first kappa shape index (κ1) is 8.69. The van der Waals surface area contributed by atoms with Crippen molar-refractivity contribution < 1.29 is 14.0 Å². The fourth-order valence-electron chi connectivity index (χ4n) is 1.57. The van der Waals surface area contributed by atoms with Crippen molar-refractivity contribution in [2.75, 3.05) is 0 Å². The highest BCUT2D eigenvalue weighted by Crippen LogP contribution is 2.26. The molecule has 0 aliphatic heterocycles. The van der Waals surface area contributed by atoms with Crippen molar-refractivity contribution in [1.82, 2.24) is 0 Å². The van der Waals surface area contributed by atoms with Crippen molar-refractivity contribution in [2.45, 2.75) is 6.92 Å². The number of aryl methyl sites for hydroxylation is 1. The Balaban J connectivity index is 2.95. The number of carbonyl (C=O) groups is 2. The molecule has 1 aromatic carbocycles. The fourth-order valence-corrected chi connectivity index (χ4v) is 1.57. The summed E-state index contributed by atoms with van der Waals surface area (Å²) in [5.74, 6) is 0.101. The molecule has 14 heavy (non-hydrogen) atoms. The molecule has 0 unspecified atom stereocenters. The van der Waals surface area contributed by atoms with E-state index < -0.39 is 0 Å². The minimum Gasteiger partial charge on any atom is -0.452 e. The zero-order chi connectivity index (χ0) is 10.1. The van der Waals surface area contributed by atoms with Crippen molar-refractivity contribution >= 4 is 23.5 Å². The van der Waals surface area contributed by atoms with Crippen molar-refractivity contribution in [2.24, 2.45) is 0 Å². The van der Waals surface area contributed by atoms with Gasteiger partial charge in [-0.15, -0.1) is 0 Å². The van der Waals surface area contributed by atoms with Crippen molar-refractivity contribution in [1.29, 1.82) is 0 Å². The lowest BCUT2D eigenvalue weighted by atomic mass is 10.1. The van der Waals surface area contributed by atoms with Crippen LogP contribution in [0.25, 0.3) is 11.0 Å². The van der Waals surface area contributed by atoms with Crippen molar-refractivity contribution in [3.8, 4) is 0 Å². The predicted molar refractivity (Wildman–Crippen MR) is 51.7 cm³/mol. The van der Waals surface area contributed by atoms with E-state index in [9.17, 15) is 9.59 Å². The highest BCUT2D eigenvalue weighted by molar-refractivity contribution is 6.04. The molecular formula is C11H8O3. The lowest BCUT2D eigenvalue weighted by molar-refractivity contribution is 0.108. The highest BCUT2D eigenvalue weighted by Gasteiger charge is 2.13. The monoisotopic (exact) mass is 188 g/mol. The van der Waals surface area contributed by atoms with Gasteiger partial charge >= 0.3 is 0 Å². The third-order valence-corrected chi connectivity index (χ3v) is 2.21. The molecule has 0 aliphatic rings. The van der Waals surface area contributed by atoms with E-state index in [2.05, 4.69) is 0 Å². The maximum Gasteiger partial charge on any atom is 0.186 e. The highest BCUT2D eigenvalue weighted by atomic mass is 16.3. The summed E-state index contributed by atoms with van der Waals surface area (Å²) >= 11 is 0. The fraction of sp³-hybridized carbons (Fsp3) is 0.0909. The lowest BCUT2D eigenvalue weighted by Crippen LogP contribution is -1.85. The molecule has 0 bridgehead atoms. The minimum atomic E-state index is 0.101. The van der Waals surface area contributed by atoms with Gasteiger partial charge in [0.2, 0.25) is 0 Å². The van der Waals surface area contributed by atoms with Crippen LogP contribution < -0.4 is 0 Å². The lowest BCUT2D eigenvalue weighted by Gasteiger charge is -1.93. The molecule has 0 spiro atoms. The molecule has 3 nitrogen and oxygen atoms in total. The average Bonchev–Trinajstić information content (AvgIpc) is 2.56. The largest absolute Gasteiger partial charge is 0.452 e. The molecule has 1 heterocycles. The number of benzene rings is 1. The molecule has 0 fully saturated rings. The summed E-state index contributed by atoms with van der Waals surface area (Å²) in [5.41, 5.74) is 1.85. The quantitative estimate of drug-likeness (QED) is 0.679. The van der Waals surface area contributed by atoms with Gasteiger partial charge in [0.15, 0.2) is 18.3 Å². The van der Waals surface area contributed by atoms with Crippen LogP contribution >= 0.6 is 0 Å². The number of furan rings is 1. The van der Waals surface area contributed by atoms with Gasteiger partial charge in [-0.25, -0.2) is 0 Å². The average molecular weight is 188 g/mol. The molecule has 3 heteroatoms. The van der Waals surface area contributed by atoms with Gasteiger partial charge in [0.25, 0.3) is 0 Å². The minimum absolute atomic E-state index is 0.101. The van der Waals surface area contributed by atoms with E-state index in [1.807, 2.05) is 19.1 Å². The second-order valence-electron chi connectivity index (χ2n) is 3.06. The van der Waals surface area contributed by atoms with Crippen LogP contribution in [-0.4, -0.2) is 12.6 Å². The van der Waals surface area contributed by atoms with Gasteiger partial charge in [0, 0.05) is 5.39 Å². The normalized spacial score (nSPS) is 10.4. The van der Waals surface area contributed by atoms with Crippen molar-refractivity contribution in [3.05, 3.63) is 35.1 Å². The summed E-state index contributed by atoms with van der Waals surface area (Å²) in [6, 6.07) is 5.44. The molecule has 0 saturated heterocycles. The van der Waals surface area contributed by atoms with Gasteiger partial charge in [-0.3, -0.25) is 9.59 Å². The third-order valence-electron chi connectivity index (χ3n) is 2.21. The van der Waals surface area contributed by atoms with Crippen LogP contribution in [0.5, 0.6) is 0 Å². The van der Waals surface area contributed by atoms with E-state index in [4.69, 9.17) is 4.42 Å². The number of fused-ring (bicyclic) bond motifs is 1. The number of aldehydes is 2. The smallest absolute Gasteiger partial charge is 0.186 e. The molecule has 0 aliphatic carbocycles. The molecule has 0 amide bonds. The Morgan fingerprint density at radius 1 is 1.21 bits per heavy atom. The van der Waals surface area contributed by atoms with Gasteiger partial charge < -0.3 is 4.42 Å². The number of rotatable bonds is 2. The van der Waals surface area contributed by atoms with Gasteiger partial charge in [0.1, 0.15) is 5.58 Å². The second-order valence-corrected chi connectivity index (χ2v) is 3.06. The maximum atomic E-state index is 10.8. The van der Waals surface area contributed by atoms with Crippen LogP contribution in [0.2, 0.25) is 0 Å². The number of hydrogen-bond acceptors (Lipinski definition) is 3. The Labute approximate surface area is 80.3 Å². The topological polar surface area (TPSA) is 47.3 Å². The van der Waals surface area contributed by atoms with Gasteiger partial charge in [-0.2, -0.15) is 0 Å². The van der Waals surface area contributed by atoms with E-state index in [-0.39, 0.29) is 5.76 Å². The van der Waals surface area contributed by atoms with Crippen LogP contribution in [0.15, 0.2) is 22.6 Å². The molecule has 0 N–H and O–H groups in total. The SMILES string of the molecule is Cc1cccc2oc(C=O)c(C=O)c12. The first-order chi connectivity index (χ1) is 6.77. The first-order valence-corrected chi connectivity index (χ1v) is 4.20. The molecule has 70 valence electrons. The predicted octanol–water partition coefficient (Wildman–Crippen LogP) is 2.37. The molecule has 2 rings (SSSR count). The Morgan fingerprint density at radius 2 is 2.00 bits per heavy atom. The Morgan fingerprint density at radius 3 is 2.64 bits per heavy atom. The van der Waals surface area contributed by atoms with E-state index in [0.29, 0.717) is 23.7 Å². The van der Waals surface area contributed by atoms with Crippen LogP contribution in [0, 0.1) is 6.92 Å². The summed E-state index contributed by atoms with van der Waals surface area (Å²) in [6.45, 7) is 1.87. The molecular weight excluding hydrogens is 180 g/mol. The standard InChI is InChI=1S/C11H8O3/c1-7-3-2-4-9-11(7)8(5-12)10(6-13)14-9/h2-6H,1H3. The molecule has 0 saturated carbocycles. The Bertz CT molecular complexity index is 508. The van der Waals surface area contributed by atoms with Crippen LogP contribution in [0.3, 0.4) is 0 Å². The maximum absolute atomic E-state index is 10.8. The van der Waals surface area contributed by atoms with Crippen LogP contribution in [-0.2, 0) is 0 Å². The summed E-state index contributed by atoms with van der Waals surface area (Å²) in [7, 11) is 0. The summed E-state index contributed by atoms with van der Waals surface area (Å²) < 4.78 is 5.22. The molecule has 2 aromatic rings. The zero-order valence-electron chi connectivity index (χ0n) is 7.61. The second kappa shape index (κ2) is 3.10.